The molecule has 0 aliphatic carbocycles. The van der Waals surface area contributed by atoms with Crippen molar-refractivity contribution in [3.8, 4) is 10.6 Å². The molecule has 0 spiro atoms. The normalized spacial score (nSPS) is 12.9. The number of aromatic amines is 1. The molecule has 0 radical (unpaired) electrons. The third kappa shape index (κ3) is 3.93. The van der Waals surface area contributed by atoms with Crippen molar-refractivity contribution < 1.29 is 9.59 Å². The first-order valence-electron chi connectivity index (χ1n) is 7.45. The molecule has 0 atom stereocenters. The van der Waals surface area contributed by atoms with Crippen LogP contribution >= 0.6 is 11.3 Å². The van der Waals surface area contributed by atoms with Gasteiger partial charge in [0.05, 0.1) is 28.9 Å². The number of amides is 2. The van der Waals surface area contributed by atoms with E-state index in [2.05, 4.69) is 31.1 Å². The van der Waals surface area contributed by atoms with Gasteiger partial charge in [-0.2, -0.15) is 15.3 Å². The molecule has 124 valence electrons. The molecule has 2 aromatic rings. The predicted octanol–water partition coefficient (Wildman–Crippen LogP) is 1.72. The third-order valence-electron chi connectivity index (χ3n) is 3.35. The van der Waals surface area contributed by atoms with E-state index in [4.69, 9.17) is 0 Å². The van der Waals surface area contributed by atoms with Gasteiger partial charge in [0.25, 0.3) is 11.8 Å². The molecule has 3 heterocycles. The molecule has 0 bridgehead atoms. The fourth-order valence-corrected chi connectivity index (χ4v) is 2.78. The van der Waals surface area contributed by atoms with Crippen LogP contribution in [0.5, 0.6) is 0 Å². The Morgan fingerprint density at radius 2 is 2.08 bits per heavy atom. The quantitative estimate of drug-likeness (QED) is 0.665. The van der Waals surface area contributed by atoms with Crippen LogP contribution in [0.2, 0.25) is 0 Å². The molecular weight excluding hydrogens is 328 g/mol. The Bertz CT molecular complexity index is 778. The number of carbonyl (C=O) groups excluding carboxylic acids is 2. The van der Waals surface area contributed by atoms with Crippen LogP contribution in [0, 0.1) is 0 Å². The SMILES string of the molecule is O=C(NCCCNC(=O)c1cc(-c2cccs2)[nH]n1)C1=CN=NC1. The van der Waals surface area contributed by atoms with Gasteiger partial charge in [0.1, 0.15) is 0 Å². The van der Waals surface area contributed by atoms with Gasteiger partial charge in [-0.3, -0.25) is 14.7 Å². The van der Waals surface area contributed by atoms with Crippen LogP contribution in [0.3, 0.4) is 0 Å². The summed E-state index contributed by atoms with van der Waals surface area (Å²) in [5, 5.41) is 21.7. The lowest BCUT2D eigenvalue weighted by Crippen LogP contribution is -2.31. The summed E-state index contributed by atoms with van der Waals surface area (Å²) in [4.78, 5) is 24.7. The number of aromatic nitrogens is 2. The van der Waals surface area contributed by atoms with Gasteiger partial charge in [0, 0.05) is 13.1 Å². The minimum Gasteiger partial charge on any atom is -0.352 e. The molecule has 0 saturated carbocycles. The van der Waals surface area contributed by atoms with E-state index in [9.17, 15) is 9.59 Å². The summed E-state index contributed by atoms with van der Waals surface area (Å²) in [5.41, 5.74) is 1.72. The van der Waals surface area contributed by atoms with Gasteiger partial charge < -0.3 is 10.6 Å². The lowest BCUT2D eigenvalue weighted by molar-refractivity contribution is -0.117. The summed E-state index contributed by atoms with van der Waals surface area (Å²) in [7, 11) is 0. The average Bonchev–Trinajstić information content (AvgIpc) is 3.35. The van der Waals surface area contributed by atoms with Crippen LogP contribution in [-0.4, -0.2) is 41.6 Å². The molecule has 9 heteroatoms. The van der Waals surface area contributed by atoms with E-state index >= 15 is 0 Å². The molecule has 8 nitrogen and oxygen atoms in total. The van der Waals surface area contributed by atoms with Crippen LogP contribution in [0.1, 0.15) is 16.9 Å². The summed E-state index contributed by atoms with van der Waals surface area (Å²) < 4.78 is 0. The van der Waals surface area contributed by atoms with Gasteiger partial charge >= 0.3 is 0 Å². The van der Waals surface area contributed by atoms with E-state index < -0.39 is 0 Å². The van der Waals surface area contributed by atoms with Crippen molar-refractivity contribution in [2.75, 3.05) is 19.6 Å². The Kier molecular flexibility index (Phi) is 5.12. The molecule has 2 aromatic heterocycles. The Labute approximate surface area is 142 Å². The summed E-state index contributed by atoms with van der Waals surface area (Å²) in [6.45, 7) is 1.25. The topological polar surface area (TPSA) is 112 Å². The zero-order valence-corrected chi connectivity index (χ0v) is 13.6. The molecule has 3 rings (SSSR count). The molecular formula is C15H16N6O2S. The first-order valence-corrected chi connectivity index (χ1v) is 8.33. The first kappa shape index (κ1) is 16.1. The van der Waals surface area contributed by atoms with Crippen LogP contribution in [0.15, 0.2) is 45.6 Å². The van der Waals surface area contributed by atoms with E-state index in [1.165, 1.54) is 6.20 Å². The maximum Gasteiger partial charge on any atom is 0.271 e. The monoisotopic (exact) mass is 344 g/mol. The van der Waals surface area contributed by atoms with Gasteiger partial charge in [0.2, 0.25) is 0 Å². The van der Waals surface area contributed by atoms with E-state index in [-0.39, 0.29) is 11.8 Å². The van der Waals surface area contributed by atoms with Crippen molar-refractivity contribution in [1.82, 2.24) is 20.8 Å². The second-order valence-corrected chi connectivity index (χ2v) is 6.03. The van der Waals surface area contributed by atoms with Crippen LogP contribution in [0.4, 0.5) is 0 Å². The van der Waals surface area contributed by atoms with Crippen molar-refractivity contribution in [2.24, 2.45) is 10.2 Å². The lowest BCUT2D eigenvalue weighted by atomic mass is 10.2. The highest BCUT2D eigenvalue weighted by Crippen LogP contribution is 2.22. The maximum atomic E-state index is 12.0. The summed E-state index contributed by atoms with van der Waals surface area (Å²) >= 11 is 1.58. The Hall–Kier alpha value is -2.81. The number of rotatable bonds is 7. The Balaban J connectivity index is 1.37. The fraction of sp³-hybridized carbons (Fsp3) is 0.267. The minimum absolute atomic E-state index is 0.167. The fourth-order valence-electron chi connectivity index (χ4n) is 2.09. The maximum absolute atomic E-state index is 12.0. The highest BCUT2D eigenvalue weighted by Gasteiger charge is 2.13. The molecule has 0 fully saturated rings. The van der Waals surface area contributed by atoms with Crippen molar-refractivity contribution in [3.63, 3.8) is 0 Å². The number of nitrogens with zero attached hydrogens (tertiary/aromatic N) is 3. The molecule has 1 aliphatic rings. The summed E-state index contributed by atoms with van der Waals surface area (Å²) in [6.07, 6.45) is 2.08. The molecule has 0 aromatic carbocycles. The largest absolute Gasteiger partial charge is 0.352 e. The lowest BCUT2D eigenvalue weighted by Gasteiger charge is -2.05. The molecule has 0 unspecified atom stereocenters. The zero-order valence-electron chi connectivity index (χ0n) is 12.8. The highest BCUT2D eigenvalue weighted by atomic mass is 32.1. The number of azo groups is 1. The van der Waals surface area contributed by atoms with Gasteiger partial charge in [-0.1, -0.05) is 6.07 Å². The molecule has 0 saturated heterocycles. The molecule has 3 N–H and O–H groups in total. The number of carbonyl (C=O) groups is 2. The van der Waals surface area contributed by atoms with Crippen molar-refractivity contribution in [2.45, 2.75) is 6.42 Å². The van der Waals surface area contributed by atoms with Crippen molar-refractivity contribution in [3.05, 3.63) is 41.0 Å². The predicted molar refractivity (Wildman–Crippen MR) is 89.7 cm³/mol. The first-order chi connectivity index (χ1) is 11.7. The second kappa shape index (κ2) is 7.64. The van der Waals surface area contributed by atoms with Crippen LogP contribution in [0.25, 0.3) is 10.6 Å². The van der Waals surface area contributed by atoms with Gasteiger partial charge in [-0.25, -0.2) is 0 Å². The second-order valence-electron chi connectivity index (χ2n) is 5.08. The zero-order chi connectivity index (χ0) is 16.8. The van der Waals surface area contributed by atoms with E-state index in [1.54, 1.807) is 17.4 Å². The van der Waals surface area contributed by atoms with Gasteiger partial charge in [-0.15, -0.1) is 11.3 Å². The molecule has 24 heavy (non-hydrogen) atoms. The average molecular weight is 344 g/mol. The van der Waals surface area contributed by atoms with Crippen molar-refractivity contribution >= 4 is 23.2 Å². The number of H-pyrrole nitrogens is 1. The minimum atomic E-state index is -0.239. The Morgan fingerprint density at radius 1 is 1.25 bits per heavy atom. The smallest absolute Gasteiger partial charge is 0.271 e. The number of hydrogen-bond acceptors (Lipinski definition) is 6. The third-order valence-corrected chi connectivity index (χ3v) is 4.25. The van der Waals surface area contributed by atoms with E-state index in [1.807, 2.05) is 17.5 Å². The summed E-state index contributed by atoms with van der Waals surface area (Å²) in [5.74, 6) is -0.407. The van der Waals surface area contributed by atoms with Crippen LogP contribution < -0.4 is 10.6 Å². The molecule has 1 aliphatic heterocycles. The molecule has 2 amide bonds. The van der Waals surface area contributed by atoms with E-state index in [0.29, 0.717) is 37.3 Å². The van der Waals surface area contributed by atoms with Crippen LogP contribution in [-0.2, 0) is 4.79 Å². The van der Waals surface area contributed by atoms with Gasteiger partial charge in [-0.05, 0) is 23.9 Å². The van der Waals surface area contributed by atoms with Crippen molar-refractivity contribution in [1.29, 1.82) is 0 Å². The standard InChI is InChI=1S/C15H16N6O2S/c22-14(10-8-18-19-9-10)16-4-2-5-17-15(23)12-7-11(20-21-12)13-3-1-6-24-13/h1,3,6-8H,2,4-5,9H2,(H,16,22)(H,17,23)(H,20,21). The number of thiophene rings is 1. The number of nitrogens with one attached hydrogen (secondary N) is 3. The van der Waals surface area contributed by atoms with E-state index in [0.717, 1.165) is 10.6 Å². The Morgan fingerprint density at radius 3 is 2.79 bits per heavy atom. The highest BCUT2D eigenvalue weighted by molar-refractivity contribution is 7.13. The number of hydrogen-bond donors (Lipinski definition) is 3. The summed E-state index contributed by atoms with van der Waals surface area (Å²) in [6, 6.07) is 5.63. The van der Waals surface area contributed by atoms with Gasteiger partial charge in [0.15, 0.2) is 5.69 Å².